The number of pyridine rings is 1. The Labute approximate surface area is 113 Å². The fraction of sp³-hybridized carbons (Fsp3) is 0.400. The molecule has 2 rings (SSSR count). The highest BCUT2D eigenvalue weighted by Gasteiger charge is 2.14. The molecule has 0 aliphatic rings. The number of hydrazine groups is 1. The molecule has 2 aromatic rings. The van der Waals surface area contributed by atoms with Gasteiger partial charge in [-0.1, -0.05) is 18.2 Å². The van der Waals surface area contributed by atoms with Gasteiger partial charge in [-0.05, 0) is 36.8 Å². The predicted octanol–water partition coefficient (Wildman–Crippen LogP) is 2.55. The molecule has 4 heteroatoms. The number of aromatic nitrogens is 1. The van der Waals surface area contributed by atoms with Crippen LogP contribution in [-0.4, -0.2) is 18.2 Å². The molecule has 1 aromatic carbocycles. The van der Waals surface area contributed by atoms with Gasteiger partial charge in [0.2, 0.25) is 0 Å². The molecule has 19 heavy (non-hydrogen) atoms. The summed E-state index contributed by atoms with van der Waals surface area (Å²) in [5, 5.41) is 2.34. The summed E-state index contributed by atoms with van der Waals surface area (Å²) >= 11 is 0. The van der Waals surface area contributed by atoms with E-state index in [-0.39, 0.29) is 12.1 Å². The Kier molecular flexibility index (Phi) is 4.85. The smallest absolute Gasteiger partial charge is 0.0543 e. The maximum Gasteiger partial charge on any atom is 0.0543 e. The van der Waals surface area contributed by atoms with Crippen LogP contribution in [0, 0.1) is 0 Å². The van der Waals surface area contributed by atoms with E-state index in [2.05, 4.69) is 35.5 Å². The number of hydrogen-bond acceptors (Lipinski definition) is 4. The highest BCUT2D eigenvalue weighted by molar-refractivity contribution is 5.85. The van der Waals surface area contributed by atoms with Crippen LogP contribution in [0.4, 0.5) is 0 Å². The standard InChI is InChI=1S/C15H21N3O/c1-11(19-2)6-7-15(18-16)13-5-3-4-12-8-9-17-10-14(12)13/h3-5,8-11,15,18H,6-7,16H2,1-2H3. The topological polar surface area (TPSA) is 60.2 Å². The van der Waals surface area contributed by atoms with Crippen molar-refractivity contribution in [1.82, 2.24) is 10.4 Å². The van der Waals surface area contributed by atoms with Crippen molar-refractivity contribution >= 4 is 10.8 Å². The Bertz CT molecular complexity index is 524. The molecule has 0 amide bonds. The van der Waals surface area contributed by atoms with Crippen LogP contribution in [-0.2, 0) is 4.74 Å². The summed E-state index contributed by atoms with van der Waals surface area (Å²) in [4.78, 5) is 4.21. The van der Waals surface area contributed by atoms with Gasteiger partial charge in [-0.15, -0.1) is 0 Å². The lowest BCUT2D eigenvalue weighted by molar-refractivity contribution is 0.106. The third-order valence-corrected chi connectivity index (χ3v) is 3.56. The van der Waals surface area contributed by atoms with E-state index < -0.39 is 0 Å². The van der Waals surface area contributed by atoms with Crippen LogP contribution >= 0.6 is 0 Å². The van der Waals surface area contributed by atoms with E-state index in [0.717, 1.165) is 18.2 Å². The van der Waals surface area contributed by atoms with E-state index >= 15 is 0 Å². The number of rotatable bonds is 6. The van der Waals surface area contributed by atoms with E-state index in [1.807, 2.05) is 18.5 Å². The van der Waals surface area contributed by atoms with Crippen molar-refractivity contribution in [3.63, 3.8) is 0 Å². The first kappa shape index (κ1) is 13.9. The van der Waals surface area contributed by atoms with Gasteiger partial charge in [0, 0.05) is 30.9 Å². The van der Waals surface area contributed by atoms with Gasteiger partial charge in [0.05, 0.1) is 6.10 Å². The van der Waals surface area contributed by atoms with Crippen LogP contribution in [0.3, 0.4) is 0 Å². The molecule has 0 radical (unpaired) electrons. The van der Waals surface area contributed by atoms with Gasteiger partial charge in [0.1, 0.15) is 0 Å². The molecular weight excluding hydrogens is 238 g/mol. The molecule has 3 N–H and O–H groups in total. The van der Waals surface area contributed by atoms with Crippen LogP contribution in [0.25, 0.3) is 10.8 Å². The first-order chi connectivity index (χ1) is 9.26. The second-order valence-corrected chi connectivity index (χ2v) is 4.79. The maximum absolute atomic E-state index is 5.71. The van der Waals surface area contributed by atoms with Gasteiger partial charge in [0.25, 0.3) is 0 Å². The first-order valence-electron chi connectivity index (χ1n) is 6.57. The van der Waals surface area contributed by atoms with Gasteiger partial charge < -0.3 is 4.74 Å². The van der Waals surface area contributed by atoms with Crippen molar-refractivity contribution in [2.45, 2.75) is 31.9 Å². The molecule has 4 nitrogen and oxygen atoms in total. The Morgan fingerprint density at radius 3 is 2.89 bits per heavy atom. The van der Waals surface area contributed by atoms with Crippen molar-refractivity contribution in [1.29, 1.82) is 0 Å². The molecule has 2 atom stereocenters. The molecule has 1 heterocycles. The number of benzene rings is 1. The molecule has 0 bridgehead atoms. The molecule has 2 unspecified atom stereocenters. The number of hydrogen-bond donors (Lipinski definition) is 2. The third-order valence-electron chi connectivity index (χ3n) is 3.56. The molecular formula is C15H21N3O. The van der Waals surface area contributed by atoms with Crippen LogP contribution in [0.1, 0.15) is 31.4 Å². The Balaban J connectivity index is 2.25. The molecule has 0 aliphatic carbocycles. The van der Waals surface area contributed by atoms with Crippen LogP contribution in [0.5, 0.6) is 0 Å². The Hall–Kier alpha value is -1.49. The van der Waals surface area contributed by atoms with E-state index in [4.69, 9.17) is 10.6 Å². The maximum atomic E-state index is 5.71. The zero-order chi connectivity index (χ0) is 13.7. The SMILES string of the molecule is COC(C)CCC(NN)c1cccc2ccncc12. The number of ether oxygens (including phenoxy) is 1. The lowest BCUT2D eigenvalue weighted by Crippen LogP contribution is -2.29. The highest BCUT2D eigenvalue weighted by atomic mass is 16.5. The third kappa shape index (κ3) is 3.29. The molecule has 102 valence electrons. The minimum atomic E-state index is 0.116. The fourth-order valence-corrected chi connectivity index (χ4v) is 2.29. The number of fused-ring (bicyclic) bond motifs is 1. The lowest BCUT2D eigenvalue weighted by Gasteiger charge is -2.20. The number of nitrogens with one attached hydrogen (secondary N) is 1. The average Bonchev–Trinajstić information content (AvgIpc) is 2.47. The van der Waals surface area contributed by atoms with Crippen LogP contribution in [0.2, 0.25) is 0 Å². The van der Waals surface area contributed by atoms with E-state index in [1.165, 1.54) is 10.9 Å². The number of nitrogens with two attached hydrogens (primary N) is 1. The summed E-state index contributed by atoms with van der Waals surface area (Å²) in [6.07, 6.45) is 5.84. The van der Waals surface area contributed by atoms with E-state index in [0.29, 0.717) is 0 Å². The minimum Gasteiger partial charge on any atom is -0.382 e. The molecule has 0 fully saturated rings. The van der Waals surface area contributed by atoms with Crippen molar-refractivity contribution in [3.8, 4) is 0 Å². The van der Waals surface area contributed by atoms with Gasteiger partial charge >= 0.3 is 0 Å². The highest BCUT2D eigenvalue weighted by Crippen LogP contribution is 2.26. The first-order valence-corrected chi connectivity index (χ1v) is 6.57. The summed E-state index contributed by atoms with van der Waals surface area (Å²) in [5.41, 5.74) is 4.10. The van der Waals surface area contributed by atoms with Crippen LogP contribution < -0.4 is 11.3 Å². The van der Waals surface area contributed by atoms with Crippen molar-refractivity contribution in [2.24, 2.45) is 5.84 Å². The largest absolute Gasteiger partial charge is 0.382 e. The van der Waals surface area contributed by atoms with E-state index in [9.17, 15) is 0 Å². The zero-order valence-electron chi connectivity index (χ0n) is 11.5. The summed E-state index contributed by atoms with van der Waals surface area (Å²) in [5.74, 6) is 5.71. The molecule has 1 aromatic heterocycles. The van der Waals surface area contributed by atoms with E-state index in [1.54, 1.807) is 7.11 Å². The molecule has 0 saturated heterocycles. The molecule has 0 aliphatic heterocycles. The summed E-state index contributed by atoms with van der Waals surface area (Å²) in [7, 11) is 1.73. The number of methoxy groups -OCH3 is 1. The van der Waals surface area contributed by atoms with Crippen LogP contribution in [0.15, 0.2) is 36.7 Å². The van der Waals surface area contributed by atoms with Gasteiger partial charge in [-0.3, -0.25) is 16.3 Å². The lowest BCUT2D eigenvalue weighted by atomic mass is 9.96. The van der Waals surface area contributed by atoms with Gasteiger partial charge in [-0.25, -0.2) is 0 Å². The Morgan fingerprint density at radius 1 is 1.32 bits per heavy atom. The number of nitrogens with zero attached hydrogens (tertiary/aromatic N) is 1. The van der Waals surface area contributed by atoms with Crippen molar-refractivity contribution in [3.05, 3.63) is 42.2 Å². The van der Waals surface area contributed by atoms with Crippen molar-refractivity contribution < 1.29 is 4.74 Å². The zero-order valence-corrected chi connectivity index (χ0v) is 11.5. The monoisotopic (exact) mass is 259 g/mol. The normalized spacial score (nSPS) is 14.5. The second-order valence-electron chi connectivity index (χ2n) is 4.79. The quantitative estimate of drug-likeness (QED) is 0.618. The average molecular weight is 259 g/mol. The minimum absolute atomic E-state index is 0.116. The predicted molar refractivity (Wildman–Crippen MR) is 77.5 cm³/mol. The fourth-order valence-electron chi connectivity index (χ4n) is 2.29. The molecule has 0 spiro atoms. The summed E-state index contributed by atoms with van der Waals surface area (Å²) in [6.45, 7) is 2.07. The van der Waals surface area contributed by atoms with Gasteiger partial charge in [-0.2, -0.15) is 0 Å². The summed E-state index contributed by atoms with van der Waals surface area (Å²) < 4.78 is 5.29. The molecule has 0 saturated carbocycles. The van der Waals surface area contributed by atoms with Crippen molar-refractivity contribution in [2.75, 3.05) is 7.11 Å². The Morgan fingerprint density at radius 2 is 2.16 bits per heavy atom. The summed E-state index contributed by atoms with van der Waals surface area (Å²) in [6, 6.07) is 8.38. The second kappa shape index (κ2) is 6.61. The van der Waals surface area contributed by atoms with Gasteiger partial charge in [0.15, 0.2) is 0 Å².